The average molecular weight is 327 g/mol. The molecular formula is C14H19ClN4O3. The van der Waals surface area contributed by atoms with Crippen molar-refractivity contribution in [2.75, 3.05) is 26.2 Å². The molecule has 120 valence electrons. The average Bonchev–Trinajstić information content (AvgIpc) is 3.29. The van der Waals surface area contributed by atoms with Crippen molar-refractivity contribution in [3.8, 4) is 0 Å². The Bertz CT molecular complexity index is 589. The fraction of sp³-hybridized carbons (Fsp3) is 0.643. The fourth-order valence-corrected chi connectivity index (χ4v) is 2.99. The second kappa shape index (κ2) is 5.89. The summed E-state index contributed by atoms with van der Waals surface area (Å²) in [5, 5.41) is 16.7. The molecule has 2 aliphatic rings. The molecule has 1 unspecified atom stereocenters. The highest BCUT2D eigenvalue weighted by atomic mass is 35.5. The van der Waals surface area contributed by atoms with Crippen molar-refractivity contribution in [2.45, 2.75) is 31.8 Å². The van der Waals surface area contributed by atoms with Gasteiger partial charge in [-0.05, 0) is 19.8 Å². The Balaban J connectivity index is 1.63. The minimum atomic E-state index is -1.01. The Labute approximate surface area is 133 Å². The largest absolute Gasteiger partial charge is 0.384 e. The second-order valence-corrected chi connectivity index (χ2v) is 6.25. The van der Waals surface area contributed by atoms with Gasteiger partial charge in [0.2, 0.25) is 0 Å². The number of halogens is 1. The zero-order chi connectivity index (χ0) is 15.9. The van der Waals surface area contributed by atoms with E-state index in [2.05, 4.69) is 10.2 Å². The number of aromatic nitrogens is 2. The van der Waals surface area contributed by atoms with Crippen LogP contribution in [0.1, 0.15) is 41.9 Å². The number of carbonyl (C=O) groups is 2. The summed E-state index contributed by atoms with van der Waals surface area (Å²) >= 11 is 6.26. The quantitative estimate of drug-likeness (QED) is 0.851. The van der Waals surface area contributed by atoms with Crippen molar-refractivity contribution in [3.63, 3.8) is 0 Å². The van der Waals surface area contributed by atoms with Gasteiger partial charge in [-0.25, -0.2) is 0 Å². The number of aliphatic hydroxyl groups excluding tert-OH is 1. The molecule has 22 heavy (non-hydrogen) atoms. The lowest BCUT2D eigenvalue weighted by molar-refractivity contribution is -0.140. The molecule has 1 atom stereocenters. The summed E-state index contributed by atoms with van der Waals surface area (Å²) in [6, 6.07) is 0. The molecule has 1 aromatic rings. The molecule has 1 saturated carbocycles. The topological polar surface area (TPSA) is 89.5 Å². The van der Waals surface area contributed by atoms with E-state index in [1.165, 1.54) is 6.92 Å². The lowest BCUT2D eigenvalue weighted by Gasteiger charge is -2.35. The van der Waals surface area contributed by atoms with E-state index in [0.29, 0.717) is 37.1 Å². The molecule has 0 aromatic carbocycles. The molecule has 1 saturated heterocycles. The van der Waals surface area contributed by atoms with Crippen LogP contribution in [0.25, 0.3) is 0 Å². The molecule has 2 fully saturated rings. The number of carbonyl (C=O) groups excluding carboxylic acids is 2. The maximum absolute atomic E-state index is 12.5. The van der Waals surface area contributed by atoms with E-state index in [9.17, 15) is 14.7 Å². The lowest BCUT2D eigenvalue weighted by Crippen LogP contribution is -2.52. The van der Waals surface area contributed by atoms with Gasteiger partial charge in [0.1, 0.15) is 6.10 Å². The van der Waals surface area contributed by atoms with Crippen LogP contribution in [0.3, 0.4) is 0 Å². The zero-order valence-corrected chi connectivity index (χ0v) is 13.1. The van der Waals surface area contributed by atoms with Crippen molar-refractivity contribution in [3.05, 3.63) is 16.4 Å². The lowest BCUT2D eigenvalue weighted by atomic mass is 10.2. The number of amides is 2. The number of hydrogen-bond acceptors (Lipinski definition) is 4. The smallest absolute Gasteiger partial charge is 0.276 e. The van der Waals surface area contributed by atoms with Gasteiger partial charge in [0.15, 0.2) is 5.69 Å². The Hall–Kier alpha value is -1.60. The van der Waals surface area contributed by atoms with Gasteiger partial charge in [-0.1, -0.05) is 11.6 Å². The number of hydrogen-bond donors (Lipinski definition) is 2. The van der Waals surface area contributed by atoms with Gasteiger partial charge >= 0.3 is 0 Å². The van der Waals surface area contributed by atoms with E-state index in [1.807, 2.05) is 0 Å². The molecule has 1 aliphatic heterocycles. The molecular weight excluding hydrogens is 308 g/mol. The first-order valence-electron chi connectivity index (χ1n) is 7.49. The highest BCUT2D eigenvalue weighted by Gasteiger charge is 2.33. The predicted molar refractivity (Wildman–Crippen MR) is 79.7 cm³/mol. The van der Waals surface area contributed by atoms with E-state index < -0.39 is 6.10 Å². The van der Waals surface area contributed by atoms with Crippen LogP contribution >= 0.6 is 11.6 Å². The van der Waals surface area contributed by atoms with Crippen molar-refractivity contribution < 1.29 is 14.7 Å². The molecule has 7 nitrogen and oxygen atoms in total. The Morgan fingerprint density at radius 2 is 1.86 bits per heavy atom. The highest BCUT2D eigenvalue weighted by Crippen LogP contribution is 2.42. The van der Waals surface area contributed by atoms with Crippen LogP contribution in [0.4, 0.5) is 0 Å². The summed E-state index contributed by atoms with van der Waals surface area (Å²) in [5.41, 5.74) is 1.12. The Kier molecular flexibility index (Phi) is 4.10. The first-order chi connectivity index (χ1) is 10.5. The van der Waals surface area contributed by atoms with E-state index in [4.69, 9.17) is 11.6 Å². The molecule has 1 aliphatic carbocycles. The summed E-state index contributed by atoms with van der Waals surface area (Å²) in [6.07, 6.45) is 1.15. The third kappa shape index (κ3) is 2.83. The summed E-state index contributed by atoms with van der Waals surface area (Å²) in [5.74, 6) is -0.111. The van der Waals surface area contributed by atoms with Gasteiger partial charge in [0.05, 0.1) is 10.7 Å². The van der Waals surface area contributed by atoms with Crippen LogP contribution in [0.2, 0.25) is 5.02 Å². The van der Waals surface area contributed by atoms with Crippen LogP contribution in [0.15, 0.2) is 0 Å². The molecule has 1 aromatic heterocycles. The van der Waals surface area contributed by atoms with E-state index in [0.717, 1.165) is 18.5 Å². The van der Waals surface area contributed by atoms with Gasteiger partial charge in [0.25, 0.3) is 11.8 Å². The monoisotopic (exact) mass is 326 g/mol. The number of nitrogens with zero attached hydrogens (tertiary/aromatic N) is 3. The summed E-state index contributed by atoms with van der Waals surface area (Å²) in [6.45, 7) is 3.10. The number of piperazine rings is 1. The molecule has 2 amide bonds. The van der Waals surface area contributed by atoms with E-state index in [-0.39, 0.29) is 17.5 Å². The summed E-state index contributed by atoms with van der Waals surface area (Å²) in [4.78, 5) is 27.4. The Morgan fingerprint density at radius 1 is 1.27 bits per heavy atom. The highest BCUT2D eigenvalue weighted by molar-refractivity contribution is 6.34. The first-order valence-corrected chi connectivity index (χ1v) is 7.86. The standard InChI is InChI=1S/C14H19ClN4O3/c1-8(20)13(21)18-4-6-19(7-5-18)14(22)12-10(15)11(16-17-12)9-2-3-9/h8-9,20H,2-7H2,1H3,(H,16,17). The van der Waals surface area contributed by atoms with E-state index >= 15 is 0 Å². The second-order valence-electron chi connectivity index (χ2n) is 5.87. The van der Waals surface area contributed by atoms with Crippen LogP contribution in [-0.2, 0) is 4.79 Å². The fourth-order valence-electron chi connectivity index (χ4n) is 2.67. The minimum Gasteiger partial charge on any atom is -0.384 e. The third-order valence-corrected chi connectivity index (χ3v) is 4.54. The number of aromatic amines is 1. The molecule has 0 bridgehead atoms. The summed E-state index contributed by atoms with van der Waals surface area (Å²) in [7, 11) is 0. The van der Waals surface area contributed by atoms with Crippen LogP contribution in [0.5, 0.6) is 0 Å². The van der Waals surface area contributed by atoms with Gasteiger partial charge in [-0.15, -0.1) is 0 Å². The predicted octanol–water partition coefficient (Wildman–Crippen LogP) is 0.606. The number of H-pyrrole nitrogens is 1. The number of rotatable bonds is 3. The van der Waals surface area contributed by atoms with Crippen molar-refractivity contribution >= 4 is 23.4 Å². The van der Waals surface area contributed by atoms with E-state index in [1.54, 1.807) is 9.80 Å². The molecule has 8 heteroatoms. The number of aliphatic hydroxyl groups is 1. The zero-order valence-electron chi connectivity index (χ0n) is 12.4. The van der Waals surface area contributed by atoms with Gasteiger partial charge in [-0.3, -0.25) is 14.7 Å². The van der Waals surface area contributed by atoms with Gasteiger partial charge < -0.3 is 14.9 Å². The van der Waals surface area contributed by atoms with Gasteiger partial charge in [0, 0.05) is 32.1 Å². The minimum absolute atomic E-state index is 0.211. The molecule has 2 N–H and O–H groups in total. The van der Waals surface area contributed by atoms with Crippen molar-refractivity contribution in [1.29, 1.82) is 0 Å². The van der Waals surface area contributed by atoms with Crippen LogP contribution in [0, 0.1) is 0 Å². The SMILES string of the molecule is CC(O)C(=O)N1CCN(C(=O)c2n[nH]c(C3CC3)c2Cl)CC1. The van der Waals surface area contributed by atoms with Crippen molar-refractivity contribution in [2.24, 2.45) is 0 Å². The Morgan fingerprint density at radius 3 is 2.41 bits per heavy atom. The van der Waals surface area contributed by atoms with Gasteiger partial charge in [-0.2, -0.15) is 5.10 Å². The maximum Gasteiger partial charge on any atom is 0.276 e. The molecule has 0 spiro atoms. The number of nitrogens with one attached hydrogen (secondary N) is 1. The summed E-state index contributed by atoms with van der Waals surface area (Å²) < 4.78 is 0. The molecule has 0 radical (unpaired) electrons. The van der Waals surface area contributed by atoms with Crippen LogP contribution in [-0.4, -0.2) is 69.2 Å². The van der Waals surface area contributed by atoms with Crippen molar-refractivity contribution in [1.82, 2.24) is 20.0 Å². The molecule has 3 rings (SSSR count). The normalized spacial score (nSPS) is 20.1. The van der Waals surface area contributed by atoms with Crippen LogP contribution < -0.4 is 0 Å². The molecule has 2 heterocycles. The first kappa shape index (κ1) is 15.3. The maximum atomic E-state index is 12.5. The third-order valence-electron chi connectivity index (χ3n) is 4.16.